The Balaban J connectivity index is 0.000000566. The quantitative estimate of drug-likeness (QED) is 0.263. The number of carbonyl (C=O) groups excluding carboxylic acids is 1. The highest BCUT2D eigenvalue weighted by Crippen LogP contribution is 2.27. The van der Waals surface area contributed by atoms with E-state index in [4.69, 9.17) is 19.4 Å². The highest BCUT2D eigenvalue weighted by molar-refractivity contribution is 5.94. The summed E-state index contributed by atoms with van der Waals surface area (Å²) in [4.78, 5) is 41.1. The number of methoxy groups -OCH3 is 1. The number of hydrogen-bond donors (Lipinski definition) is 3. The van der Waals surface area contributed by atoms with Crippen molar-refractivity contribution in [1.82, 2.24) is 25.3 Å². The van der Waals surface area contributed by atoms with Gasteiger partial charge < -0.3 is 29.8 Å². The SMILES string of the molecule is COC[C@H](NC(=O)c1nc(-c2cc(-c3cncc(N4CCOCC4)c3)ccn2)[nH]c1C)c1ccccc1.O=C(O)C(F)(F)F. The Labute approximate surface area is 251 Å². The van der Waals surface area contributed by atoms with Crippen LogP contribution in [0.3, 0.4) is 0 Å². The normalized spacial score (nSPS) is 13.9. The summed E-state index contributed by atoms with van der Waals surface area (Å²) in [6.45, 7) is 5.31. The third-order valence-electron chi connectivity index (χ3n) is 6.62. The number of imidazole rings is 1. The van der Waals surface area contributed by atoms with Crippen molar-refractivity contribution >= 4 is 17.6 Å². The van der Waals surface area contributed by atoms with Crippen molar-refractivity contribution in [2.75, 3.05) is 44.9 Å². The van der Waals surface area contributed by atoms with Crippen LogP contribution in [0.4, 0.5) is 18.9 Å². The number of aliphatic carboxylic acids is 1. The molecule has 4 aromatic rings. The molecule has 0 aliphatic carbocycles. The van der Waals surface area contributed by atoms with Crippen molar-refractivity contribution in [2.24, 2.45) is 0 Å². The lowest BCUT2D eigenvalue weighted by molar-refractivity contribution is -0.192. The molecule has 14 heteroatoms. The van der Waals surface area contributed by atoms with Crippen molar-refractivity contribution in [1.29, 1.82) is 0 Å². The maximum Gasteiger partial charge on any atom is 0.490 e. The van der Waals surface area contributed by atoms with Gasteiger partial charge in [-0.15, -0.1) is 0 Å². The van der Waals surface area contributed by atoms with Gasteiger partial charge in [-0.2, -0.15) is 13.2 Å². The number of halogens is 3. The number of amides is 1. The topological polar surface area (TPSA) is 143 Å². The number of aryl methyl sites for hydroxylation is 1. The van der Waals surface area contributed by atoms with E-state index in [1.807, 2.05) is 61.8 Å². The zero-order valence-corrected chi connectivity index (χ0v) is 24.0. The molecule has 1 aliphatic heterocycles. The molecule has 1 aromatic carbocycles. The van der Waals surface area contributed by atoms with E-state index >= 15 is 0 Å². The summed E-state index contributed by atoms with van der Waals surface area (Å²) in [7, 11) is 1.62. The Kier molecular flexibility index (Phi) is 10.6. The number of nitrogens with zero attached hydrogens (tertiary/aromatic N) is 4. The van der Waals surface area contributed by atoms with Crippen molar-refractivity contribution in [2.45, 2.75) is 19.1 Å². The number of anilines is 1. The smallest absolute Gasteiger partial charge is 0.475 e. The summed E-state index contributed by atoms with van der Waals surface area (Å²) < 4.78 is 42.5. The number of rotatable bonds is 8. The predicted octanol–water partition coefficient (Wildman–Crippen LogP) is 4.43. The van der Waals surface area contributed by atoms with Crippen molar-refractivity contribution in [3.05, 3.63) is 84.1 Å². The molecule has 1 saturated heterocycles. The first-order valence-electron chi connectivity index (χ1n) is 13.5. The summed E-state index contributed by atoms with van der Waals surface area (Å²) in [5.41, 5.74) is 5.63. The van der Waals surface area contributed by atoms with E-state index in [0.29, 0.717) is 29.5 Å². The van der Waals surface area contributed by atoms with E-state index in [2.05, 4.69) is 36.2 Å². The fourth-order valence-corrected chi connectivity index (χ4v) is 4.42. The highest BCUT2D eigenvalue weighted by Gasteiger charge is 2.38. The van der Waals surface area contributed by atoms with E-state index in [1.54, 1.807) is 13.3 Å². The van der Waals surface area contributed by atoms with Crippen molar-refractivity contribution in [3.8, 4) is 22.6 Å². The molecule has 0 spiro atoms. The second-order valence-corrected chi connectivity index (χ2v) is 9.71. The number of aromatic nitrogens is 4. The fraction of sp³-hybridized carbons (Fsp3) is 0.300. The van der Waals surface area contributed by atoms with Gasteiger partial charge in [-0.3, -0.25) is 14.8 Å². The van der Waals surface area contributed by atoms with Crippen LogP contribution in [0.2, 0.25) is 0 Å². The third kappa shape index (κ3) is 8.39. The molecule has 11 nitrogen and oxygen atoms in total. The average Bonchev–Trinajstić information content (AvgIpc) is 3.43. The van der Waals surface area contributed by atoms with E-state index in [-0.39, 0.29) is 11.9 Å². The van der Waals surface area contributed by atoms with Crippen LogP contribution in [-0.4, -0.2) is 83.1 Å². The standard InChI is InChI=1S/C28H30N6O3.C2HF3O2/c1-19-26(28(35)32-25(18-36-2)20-6-4-3-5-7-20)33-27(31-19)24-15-21(8-9-30-24)22-14-23(17-29-16-22)34-10-12-37-13-11-34;3-2(4,5)1(6)7/h3-9,14-17,25H,10-13,18H2,1-2H3,(H,31,33)(H,32,35);(H,6,7)/t25-;/m0./s1. The Bertz CT molecular complexity index is 1560. The Hall–Kier alpha value is -4.82. The maximum absolute atomic E-state index is 13.2. The van der Waals surface area contributed by atoms with Gasteiger partial charge in [-0.1, -0.05) is 30.3 Å². The largest absolute Gasteiger partial charge is 0.490 e. The van der Waals surface area contributed by atoms with Crippen molar-refractivity contribution < 1.29 is 37.3 Å². The molecule has 1 amide bonds. The highest BCUT2D eigenvalue weighted by atomic mass is 19.4. The van der Waals surface area contributed by atoms with Crippen LogP contribution in [0.5, 0.6) is 0 Å². The predicted molar refractivity (Wildman–Crippen MR) is 155 cm³/mol. The molecule has 5 rings (SSSR count). The third-order valence-corrected chi connectivity index (χ3v) is 6.62. The molecule has 0 unspecified atom stereocenters. The molecule has 1 fully saturated rings. The Morgan fingerprint density at radius 3 is 2.48 bits per heavy atom. The molecule has 1 aliphatic rings. The van der Waals surface area contributed by atoms with Gasteiger partial charge in [-0.05, 0) is 36.2 Å². The van der Waals surface area contributed by atoms with E-state index in [9.17, 15) is 18.0 Å². The van der Waals surface area contributed by atoms with Gasteiger partial charge in [0, 0.05) is 43.9 Å². The monoisotopic (exact) mass is 612 g/mol. The van der Waals surface area contributed by atoms with Gasteiger partial charge in [0.1, 0.15) is 11.4 Å². The van der Waals surface area contributed by atoms with Gasteiger partial charge in [0.25, 0.3) is 5.91 Å². The van der Waals surface area contributed by atoms with Crippen LogP contribution in [-0.2, 0) is 14.3 Å². The molecule has 0 radical (unpaired) electrons. The first-order valence-corrected chi connectivity index (χ1v) is 13.5. The molecule has 0 bridgehead atoms. The summed E-state index contributed by atoms with van der Waals surface area (Å²) in [5, 5.41) is 10.2. The number of benzene rings is 1. The van der Waals surface area contributed by atoms with E-state index in [1.165, 1.54) is 0 Å². The number of aromatic amines is 1. The fourth-order valence-electron chi connectivity index (χ4n) is 4.42. The van der Waals surface area contributed by atoms with Crippen molar-refractivity contribution in [3.63, 3.8) is 0 Å². The van der Waals surface area contributed by atoms with Gasteiger partial charge in [0.05, 0.1) is 37.7 Å². The first-order chi connectivity index (χ1) is 21.1. The number of carboxylic acids is 1. The van der Waals surface area contributed by atoms with Crippen LogP contribution in [0.25, 0.3) is 22.6 Å². The Morgan fingerprint density at radius 2 is 1.82 bits per heavy atom. The lowest BCUT2D eigenvalue weighted by atomic mass is 10.1. The Morgan fingerprint density at radius 1 is 1.11 bits per heavy atom. The number of pyridine rings is 2. The minimum atomic E-state index is -5.08. The molecule has 3 N–H and O–H groups in total. The molecule has 0 saturated carbocycles. The lowest BCUT2D eigenvalue weighted by Gasteiger charge is -2.28. The average molecular weight is 613 g/mol. The van der Waals surface area contributed by atoms with E-state index in [0.717, 1.165) is 48.7 Å². The number of morpholine rings is 1. The van der Waals surface area contributed by atoms with Gasteiger partial charge in [0.15, 0.2) is 5.82 Å². The molecular formula is C30H31F3N6O5. The van der Waals surface area contributed by atoms with Crippen LogP contribution in [0.1, 0.15) is 27.8 Å². The van der Waals surface area contributed by atoms with Crippen LogP contribution in [0.15, 0.2) is 67.1 Å². The molecule has 232 valence electrons. The molecule has 3 aromatic heterocycles. The maximum atomic E-state index is 13.2. The molecule has 1 atom stereocenters. The number of ether oxygens (including phenoxy) is 2. The molecule has 44 heavy (non-hydrogen) atoms. The van der Waals surface area contributed by atoms with Gasteiger partial charge in [0.2, 0.25) is 0 Å². The summed E-state index contributed by atoms with van der Waals surface area (Å²) in [6.07, 6.45) is 0.381. The van der Waals surface area contributed by atoms with Gasteiger partial charge >= 0.3 is 12.1 Å². The molecular weight excluding hydrogens is 581 g/mol. The first kappa shape index (κ1) is 32.1. The minimum absolute atomic E-state index is 0.274. The minimum Gasteiger partial charge on any atom is -0.475 e. The zero-order valence-electron chi connectivity index (χ0n) is 24.0. The summed E-state index contributed by atoms with van der Waals surface area (Å²) >= 11 is 0. The van der Waals surface area contributed by atoms with Crippen LogP contribution >= 0.6 is 0 Å². The number of carboxylic acid groups (broad SMARTS) is 1. The number of carbonyl (C=O) groups is 2. The van der Waals surface area contributed by atoms with Crippen LogP contribution in [0, 0.1) is 6.92 Å². The summed E-state index contributed by atoms with van der Waals surface area (Å²) in [5.74, 6) is -2.50. The number of H-pyrrole nitrogens is 1. The van der Waals surface area contributed by atoms with Gasteiger partial charge in [-0.25, -0.2) is 9.78 Å². The molecule has 4 heterocycles. The number of alkyl halides is 3. The lowest BCUT2D eigenvalue weighted by Crippen LogP contribution is -2.36. The zero-order chi connectivity index (χ0) is 31.7. The number of nitrogens with one attached hydrogen (secondary N) is 2. The number of hydrogen-bond acceptors (Lipinski definition) is 8. The van der Waals surface area contributed by atoms with E-state index < -0.39 is 12.1 Å². The summed E-state index contributed by atoms with van der Waals surface area (Å²) in [6, 6.07) is 15.5. The van der Waals surface area contributed by atoms with Crippen LogP contribution < -0.4 is 10.2 Å². The second-order valence-electron chi connectivity index (χ2n) is 9.71. The second kappa shape index (κ2) is 14.6.